The van der Waals surface area contributed by atoms with E-state index < -0.39 is 0 Å². The summed E-state index contributed by atoms with van der Waals surface area (Å²) in [6.07, 6.45) is 3.75. The summed E-state index contributed by atoms with van der Waals surface area (Å²) in [4.78, 5) is 11.2. The van der Waals surface area contributed by atoms with Crippen molar-refractivity contribution in [3.63, 3.8) is 0 Å². The van der Waals surface area contributed by atoms with Crippen molar-refractivity contribution < 1.29 is 9.26 Å². The molecule has 9 heteroatoms. The number of ether oxygens (including phenoxy) is 1. The highest BCUT2D eigenvalue weighted by atomic mass is 127. The summed E-state index contributed by atoms with van der Waals surface area (Å²) in [5, 5.41) is 10.6. The van der Waals surface area contributed by atoms with E-state index in [0.29, 0.717) is 24.9 Å². The molecule has 1 saturated heterocycles. The first-order valence-corrected chi connectivity index (χ1v) is 9.60. The van der Waals surface area contributed by atoms with Crippen LogP contribution < -0.4 is 10.6 Å². The van der Waals surface area contributed by atoms with Gasteiger partial charge in [-0.1, -0.05) is 11.6 Å². The minimum atomic E-state index is -0.166. The van der Waals surface area contributed by atoms with Gasteiger partial charge in [-0.2, -0.15) is 4.98 Å². The zero-order chi connectivity index (χ0) is 19.0. The molecule has 1 fully saturated rings. The molecule has 8 nitrogen and oxygen atoms in total. The molecular formula is C18H35IN6O2. The molecule has 0 saturated carbocycles. The number of nitrogens with zero attached hydrogens (tertiary/aromatic N) is 4. The van der Waals surface area contributed by atoms with E-state index in [2.05, 4.69) is 44.5 Å². The van der Waals surface area contributed by atoms with Crippen LogP contribution in [0.4, 0.5) is 0 Å². The first-order chi connectivity index (χ1) is 12.5. The third kappa shape index (κ3) is 7.53. The maximum atomic E-state index is 5.48. The van der Waals surface area contributed by atoms with E-state index in [9.17, 15) is 0 Å². The van der Waals surface area contributed by atoms with E-state index in [1.54, 1.807) is 7.05 Å². The summed E-state index contributed by atoms with van der Waals surface area (Å²) in [7, 11) is 1.76. The molecule has 0 amide bonds. The lowest BCUT2D eigenvalue weighted by Crippen LogP contribution is -2.54. The van der Waals surface area contributed by atoms with Crippen molar-refractivity contribution in [2.75, 3.05) is 33.3 Å². The molecule has 156 valence electrons. The lowest BCUT2D eigenvalue weighted by atomic mass is 9.98. The molecule has 1 aliphatic rings. The highest BCUT2D eigenvalue weighted by Gasteiger charge is 2.27. The first kappa shape index (κ1) is 24.1. The van der Waals surface area contributed by atoms with Crippen molar-refractivity contribution >= 4 is 29.9 Å². The van der Waals surface area contributed by atoms with Crippen LogP contribution in [0.2, 0.25) is 0 Å². The molecule has 2 N–H and O–H groups in total. The van der Waals surface area contributed by atoms with Crippen LogP contribution >= 0.6 is 24.0 Å². The Kier molecular flexibility index (Phi) is 10.5. The number of hydrogen-bond acceptors (Lipinski definition) is 6. The molecule has 1 aromatic rings. The van der Waals surface area contributed by atoms with Gasteiger partial charge in [0.2, 0.25) is 5.89 Å². The predicted octanol–water partition coefficient (Wildman–Crippen LogP) is 2.71. The van der Waals surface area contributed by atoms with E-state index in [4.69, 9.17) is 9.26 Å². The Morgan fingerprint density at radius 3 is 2.63 bits per heavy atom. The average Bonchev–Trinajstić information content (AvgIpc) is 3.12. The number of halogens is 1. The number of guanidine groups is 1. The van der Waals surface area contributed by atoms with Gasteiger partial charge in [0.05, 0.1) is 6.54 Å². The van der Waals surface area contributed by atoms with Crippen LogP contribution in [0.3, 0.4) is 0 Å². The molecule has 2 rings (SSSR count). The number of aromatic nitrogens is 2. The van der Waals surface area contributed by atoms with Gasteiger partial charge in [-0.3, -0.25) is 9.89 Å². The maximum Gasteiger partial charge on any atom is 0.246 e. The Balaban J connectivity index is 0.00000364. The Morgan fingerprint density at radius 1 is 1.30 bits per heavy atom. The molecule has 1 aliphatic heterocycles. The van der Waals surface area contributed by atoms with Crippen LogP contribution in [0.15, 0.2) is 9.52 Å². The minimum Gasteiger partial charge on any atom is -0.371 e. The van der Waals surface area contributed by atoms with Crippen LogP contribution in [0.5, 0.6) is 0 Å². The van der Waals surface area contributed by atoms with Gasteiger partial charge in [0.25, 0.3) is 0 Å². The monoisotopic (exact) mass is 494 g/mol. The fraction of sp³-hybridized carbons (Fsp3) is 0.833. The molecule has 0 bridgehead atoms. The van der Waals surface area contributed by atoms with Crippen molar-refractivity contribution in [3.8, 4) is 0 Å². The maximum absolute atomic E-state index is 5.48. The van der Waals surface area contributed by atoms with Crippen LogP contribution in [-0.2, 0) is 11.3 Å². The van der Waals surface area contributed by atoms with E-state index in [1.165, 1.54) is 32.4 Å². The average molecular weight is 494 g/mol. The predicted molar refractivity (Wildman–Crippen MR) is 117 cm³/mol. The Labute approximate surface area is 179 Å². The quantitative estimate of drug-likeness (QED) is 0.327. The second-order valence-electron chi connectivity index (χ2n) is 7.28. The van der Waals surface area contributed by atoms with Crippen LogP contribution in [-0.4, -0.2) is 59.8 Å². The van der Waals surface area contributed by atoms with Crippen molar-refractivity contribution in [1.29, 1.82) is 0 Å². The molecule has 2 heterocycles. The van der Waals surface area contributed by atoms with Gasteiger partial charge >= 0.3 is 0 Å². The number of aliphatic imine (C=N–C) groups is 1. The number of likely N-dealkylation sites (tertiary alicyclic amines) is 1. The minimum absolute atomic E-state index is 0. The summed E-state index contributed by atoms with van der Waals surface area (Å²) < 4.78 is 10.7. The summed E-state index contributed by atoms with van der Waals surface area (Å²) >= 11 is 0. The first-order valence-electron chi connectivity index (χ1n) is 9.60. The van der Waals surface area contributed by atoms with Crippen LogP contribution in [0.25, 0.3) is 0 Å². The van der Waals surface area contributed by atoms with E-state index >= 15 is 0 Å². The zero-order valence-electron chi connectivity index (χ0n) is 17.2. The van der Waals surface area contributed by atoms with E-state index in [1.807, 2.05) is 13.8 Å². The van der Waals surface area contributed by atoms with Gasteiger partial charge in [0, 0.05) is 25.7 Å². The lowest BCUT2D eigenvalue weighted by Gasteiger charge is -2.41. The number of piperidine rings is 1. The van der Waals surface area contributed by atoms with Gasteiger partial charge in [-0.05, 0) is 53.6 Å². The van der Waals surface area contributed by atoms with Gasteiger partial charge in [0.1, 0.15) is 6.10 Å². The lowest BCUT2D eigenvalue weighted by molar-refractivity contribution is 0.0683. The summed E-state index contributed by atoms with van der Waals surface area (Å²) in [5.41, 5.74) is 0.0859. The molecule has 0 spiro atoms. The van der Waals surface area contributed by atoms with Gasteiger partial charge < -0.3 is 19.9 Å². The normalized spacial score (nSPS) is 17.3. The highest BCUT2D eigenvalue weighted by molar-refractivity contribution is 14.0. The third-order valence-corrected chi connectivity index (χ3v) is 4.80. The molecule has 1 aromatic heterocycles. The van der Waals surface area contributed by atoms with Crippen LogP contribution in [0.1, 0.15) is 64.8 Å². The van der Waals surface area contributed by atoms with Crippen molar-refractivity contribution in [3.05, 3.63) is 11.7 Å². The second-order valence-corrected chi connectivity index (χ2v) is 7.28. The van der Waals surface area contributed by atoms with E-state index in [0.717, 1.165) is 12.5 Å². The Hall–Kier alpha value is -0.940. The van der Waals surface area contributed by atoms with Crippen molar-refractivity contribution in [2.24, 2.45) is 4.99 Å². The number of hydrogen-bond donors (Lipinski definition) is 2. The van der Waals surface area contributed by atoms with Gasteiger partial charge in [-0.15, -0.1) is 24.0 Å². The molecule has 0 aromatic carbocycles. The SMILES string of the molecule is CCOC(C)c1noc(CNC(=NC)NCC(C)(C)N2CCCCC2)n1.I. The topological polar surface area (TPSA) is 87.8 Å². The largest absolute Gasteiger partial charge is 0.371 e. The molecule has 1 atom stereocenters. The van der Waals surface area contributed by atoms with Gasteiger partial charge in [-0.25, -0.2) is 0 Å². The summed E-state index contributed by atoms with van der Waals surface area (Å²) in [6.45, 7) is 12.6. The van der Waals surface area contributed by atoms with Crippen molar-refractivity contribution in [2.45, 2.75) is 65.1 Å². The molecule has 0 aliphatic carbocycles. The smallest absolute Gasteiger partial charge is 0.246 e. The summed E-state index contributed by atoms with van der Waals surface area (Å²) in [6, 6.07) is 0. The fourth-order valence-electron chi connectivity index (χ4n) is 3.12. The van der Waals surface area contributed by atoms with Crippen LogP contribution in [0, 0.1) is 0 Å². The van der Waals surface area contributed by atoms with Gasteiger partial charge in [0.15, 0.2) is 11.8 Å². The zero-order valence-corrected chi connectivity index (χ0v) is 19.6. The Bertz CT molecular complexity index is 572. The molecule has 27 heavy (non-hydrogen) atoms. The number of nitrogens with one attached hydrogen (secondary N) is 2. The van der Waals surface area contributed by atoms with E-state index in [-0.39, 0.29) is 35.6 Å². The highest BCUT2D eigenvalue weighted by Crippen LogP contribution is 2.19. The summed E-state index contributed by atoms with van der Waals surface area (Å²) in [5.74, 6) is 1.82. The molecule has 0 radical (unpaired) electrons. The standard InChI is InChI=1S/C18H34N6O2.HI/c1-6-25-14(2)16-22-15(26-23-16)12-20-17(19-5)21-13-18(3,4)24-10-8-7-9-11-24;/h14H,6-13H2,1-5H3,(H2,19,20,21);1H. The molecular weight excluding hydrogens is 459 g/mol. The molecule has 1 unspecified atom stereocenters. The van der Waals surface area contributed by atoms with Crippen molar-refractivity contribution in [1.82, 2.24) is 25.7 Å². The number of rotatable bonds is 8. The second kappa shape index (κ2) is 11.8. The fourth-order valence-corrected chi connectivity index (χ4v) is 3.12. The Morgan fingerprint density at radius 2 is 2.00 bits per heavy atom. The third-order valence-electron chi connectivity index (χ3n) is 4.80.